The molecule has 0 spiro atoms. The second-order valence-corrected chi connectivity index (χ2v) is 12.4. The number of ether oxygens (including phenoxy) is 5. The first-order valence-electron chi connectivity index (χ1n) is 16.7. The number of para-hydroxylation sites is 1. The number of nitrogens with two attached hydrogens (primary N) is 1. The fourth-order valence-corrected chi connectivity index (χ4v) is 4.90. The summed E-state index contributed by atoms with van der Waals surface area (Å²) in [5.74, 6) is 0.134. The molecule has 0 aromatic heterocycles. The number of nitrogens with one attached hydrogen (secondary N) is 1. The molecule has 0 aliphatic carbocycles. The van der Waals surface area contributed by atoms with Gasteiger partial charge in [0.25, 0.3) is 5.91 Å². The first-order valence-corrected chi connectivity index (χ1v) is 16.7. The molecule has 0 heterocycles. The summed E-state index contributed by atoms with van der Waals surface area (Å²) in [7, 11) is 3.02. The summed E-state index contributed by atoms with van der Waals surface area (Å²) in [5.41, 5.74) is 7.13. The van der Waals surface area contributed by atoms with E-state index in [1.165, 1.54) is 24.1 Å². The SMILES string of the molecule is CCOC(=O)CCCCCOc1ccc(N(C)C(=O)c2ccc(C(=O)c3ccccc3OCCCNC(=O)OC(C)(C)C)c(OC)c2N)cc1. The number of nitrogens with zero attached hydrogens (tertiary/aromatic N) is 1. The molecule has 0 saturated heterocycles. The van der Waals surface area contributed by atoms with Crippen molar-refractivity contribution in [2.45, 2.75) is 65.4 Å². The minimum atomic E-state index is -0.593. The van der Waals surface area contributed by atoms with Gasteiger partial charge in [0.2, 0.25) is 5.78 Å². The predicted octanol–water partition coefficient (Wildman–Crippen LogP) is 6.58. The highest BCUT2D eigenvalue weighted by atomic mass is 16.6. The van der Waals surface area contributed by atoms with Crippen molar-refractivity contribution in [2.24, 2.45) is 0 Å². The average molecular weight is 692 g/mol. The van der Waals surface area contributed by atoms with Crippen molar-refractivity contribution in [2.75, 3.05) is 51.2 Å². The Bertz CT molecular complexity index is 1600. The highest BCUT2D eigenvalue weighted by Gasteiger charge is 2.25. The number of carbonyl (C=O) groups excluding carboxylic acids is 4. The lowest BCUT2D eigenvalue weighted by molar-refractivity contribution is -0.143. The van der Waals surface area contributed by atoms with Crippen molar-refractivity contribution in [1.29, 1.82) is 0 Å². The summed E-state index contributed by atoms with van der Waals surface area (Å²) < 4.78 is 27.4. The fourth-order valence-electron chi connectivity index (χ4n) is 4.90. The third kappa shape index (κ3) is 11.7. The van der Waals surface area contributed by atoms with Gasteiger partial charge in [0.05, 0.1) is 49.3 Å². The van der Waals surface area contributed by atoms with Crippen molar-refractivity contribution in [3.8, 4) is 17.2 Å². The van der Waals surface area contributed by atoms with Gasteiger partial charge in [-0.2, -0.15) is 0 Å². The Morgan fingerprint density at radius 1 is 0.820 bits per heavy atom. The van der Waals surface area contributed by atoms with E-state index in [-0.39, 0.29) is 35.1 Å². The number of anilines is 2. The summed E-state index contributed by atoms with van der Waals surface area (Å²) in [6.07, 6.45) is 2.77. The maximum atomic E-state index is 13.7. The van der Waals surface area contributed by atoms with Crippen LogP contribution in [0, 0.1) is 0 Å². The molecule has 0 atom stereocenters. The van der Waals surface area contributed by atoms with Crippen molar-refractivity contribution in [3.63, 3.8) is 0 Å². The van der Waals surface area contributed by atoms with E-state index in [2.05, 4.69) is 5.32 Å². The minimum Gasteiger partial charge on any atom is -0.494 e. The van der Waals surface area contributed by atoms with Crippen LogP contribution in [0.1, 0.15) is 86.1 Å². The molecule has 3 aromatic carbocycles. The minimum absolute atomic E-state index is 0.0322. The van der Waals surface area contributed by atoms with Crippen LogP contribution in [0.15, 0.2) is 60.7 Å². The first kappa shape index (κ1) is 39.2. The average Bonchev–Trinajstić information content (AvgIpc) is 3.08. The van der Waals surface area contributed by atoms with Gasteiger partial charge in [0.15, 0.2) is 5.75 Å². The number of amides is 2. The maximum Gasteiger partial charge on any atom is 0.407 e. The summed E-state index contributed by atoms with van der Waals surface area (Å²) in [5, 5.41) is 2.68. The molecule has 0 saturated carbocycles. The third-order valence-electron chi connectivity index (χ3n) is 7.38. The van der Waals surface area contributed by atoms with E-state index in [1.807, 2.05) is 0 Å². The zero-order valence-corrected chi connectivity index (χ0v) is 29.8. The normalized spacial score (nSPS) is 10.9. The Morgan fingerprint density at radius 3 is 2.18 bits per heavy atom. The molecule has 270 valence electrons. The number of nitrogen functional groups attached to an aromatic ring is 1. The van der Waals surface area contributed by atoms with Crippen LogP contribution in [0.3, 0.4) is 0 Å². The maximum absolute atomic E-state index is 13.7. The quantitative estimate of drug-likeness (QED) is 0.0647. The largest absolute Gasteiger partial charge is 0.494 e. The van der Waals surface area contributed by atoms with E-state index < -0.39 is 23.4 Å². The fraction of sp³-hybridized carbons (Fsp3) is 0.421. The number of esters is 1. The monoisotopic (exact) mass is 691 g/mol. The highest BCUT2D eigenvalue weighted by molar-refractivity contribution is 6.16. The first-order chi connectivity index (χ1) is 23.9. The molecule has 0 bridgehead atoms. The molecule has 0 fully saturated rings. The molecule has 0 aliphatic heterocycles. The smallest absolute Gasteiger partial charge is 0.407 e. The zero-order valence-electron chi connectivity index (χ0n) is 29.8. The molecule has 12 nitrogen and oxygen atoms in total. The van der Waals surface area contributed by atoms with Gasteiger partial charge in [-0.25, -0.2) is 4.79 Å². The third-order valence-corrected chi connectivity index (χ3v) is 7.38. The van der Waals surface area contributed by atoms with Crippen molar-refractivity contribution in [3.05, 3.63) is 77.4 Å². The van der Waals surface area contributed by atoms with Crippen molar-refractivity contribution < 1.29 is 42.9 Å². The lowest BCUT2D eigenvalue weighted by Gasteiger charge is -2.21. The molecule has 0 aliphatic rings. The summed E-state index contributed by atoms with van der Waals surface area (Å²) in [6, 6.07) is 16.9. The van der Waals surface area contributed by atoms with Crippen LogP contribution < -0.4 is 30.2 Å². The van der Waals surface area contributed by atoms with Crippen molar-refractivity contribution in [1.82, 2.24) is 5.32 Å². The van der Waals surface area contributed by atoms with Gasteiger partial charge < -0.3 is 39.6 Å². The lowest BCUT2D eigenvalue weighted by atomic mass is 9.98. The van der Waals surface area contributed by atoms with Crippen LogP contribution in [0.4, 0.5) is 16.2 Å². The highest BCUT2D eigenvalue weighted by Crippen LogP contribution is 2.34. The Balaban J connectivity index is 1.62. The Hall–Kier alpha value is -5.26. The van der Waals surface area contributed by atoms with Crippen LogP contribution in [-0.2, 0) is 14.3 Å². The van der Waals surface area contributed by atoms with E-state index in [9.17, 15) is 19.2 Å². The van der Waals surface area contributed by atoms with Gasteiger partial charge in [-0.1, -0.05) is 12.1 Å². The Labute approximate surface area is 294 Å². The number of benzene rings is 3. The number of hydrogen-bond acceptors (Lipinski definition) is 10. The molecule has 0 unspecified atom stereocenters. The van der Waals surface area contributed by atoms with Gasteiger partial charge in [-0.15, -0.1) is 0 Å². The molecular weight excluding hydrogens is 642 g/mol. The number of carbonyl (C=O) groups is 4. The molecule has 50 heavy (non-hydrogen) atoms. The van der Waals surface area contributed by atoms with Crippen LogP contribution in [0.5, 0.6) is 17.2 Å². The summed E-state index contributed by atoms with van der Waals surface area (Å²) in [6.45, 7) is 8.62. The van der Waals surface area contributed by atoms with Crippen LogP contribution in [0.25, 0.3) is 0 Å². The van der Waals surface area contributed by atoms with E-state index >= 15 is 0 Å². The molecule has 3 N–H and O–H groups in total. The van der Waals surface area contributed by atoms with E-state index in [0.717, 1.165) is 19.3 Å². The van der Waals surface area contributed by atoms with Crippen LogP contribution in [0.2, 0.25) is 0 Å². The standard InChI is InChI=1S/C38H49N3O9/c1-7-47-32(42)16-9-8-12-24-48-27-19-17-26(18-20-27)41(5)36(44)29-21-22-30(35(46-6)33(29)39)34(43)28-14-10-11-15-31(28)49-25-13-23-40-37(45)50-38(2,3)4/h10-11,14-15,17-22H,7-9,12-13,16,23-25,39H2,1-6H3,(H,40,45). The Kier molecular flexibility index (Phi) is 14.9. The van der Waals surface area contributed by atoms with E-state index in [4.69, 9.17) is 29.4 Å². The number of alkyl carbamates (subject to hydrolysis) is 1. The van der Waals surface area contributed by atoms with E-state index in [1.54, 1.807) is 83.3 Å². The summed E-state index contributed by atoms with van der Waals surface area (Å²) in [4.78, 5) is 52.1. The van der Waals surface area contributed by atoms with Crippen LogP contribution >= 0.6 is 0 Å². The molecule has 2 amide bonds. The lowest BCUT2D eigenvalue weighted by Crippen LogP contribution is -2.33. The van der Waals surface area contributed by atoms with Crippen molar-refractivity contribution >= 4 is 35.1 Å². The topological polar surface area (TPSA) is 156 Å². The molecule has 3 aromatic rings. The molecular formula is C38H49N3O9. The van der Waals surface area contributed by atoms with Gasteiger partial charge in [0, 0.05) is 25.7 Å². The summed E-state index contributed by atoms with van der Waals surface area (Å²) >= 11 is 0. The predicted molar refractivity (Wildman–Crippen MR) is 191 cm³/mol. The van der Waals surface area contributed by atoms with E-state index in [0.29, 0.717) is 55.4 Å². The number of ketones is 1. The van der Waals surface area contributed by atoms with Gasteiger partial charge >= 0.3 is 12.1 Å². The Morgan fingerprint density at radius 2 is 1.50 bits per heavy atom. The molecule has 12 heteroatoms. The number of hydrogen-bond donors (Lipinski definition) is 2. The number of methoxy groups -OCH3 is 1. The van der Waals surface area contributed by atoms with Crippen LogP contribution in [-0.4, -0.2) is 69.9 Å². The number of unbranched alkanes of at least 4 members (excludes halogenated alkanes) is 2. The van der Waals surface area contributed by atoms with Gasteiger partial charge in [0.1, 0.15) is 17.1 Å². The zero-order chi connectivity index (χ0) is 36.7. The molecule has 0 radical (unpaired) electrons. The second kappa shape index (κ2) is 19.1. The number of rotatable bonds is 18. The molecule has 3 rings (SSSR count). The second-order valence-electron chi connectivity index (χ2n) is 12.4. The van der Waals surface area contributed by atoms with Gasteiger partial charge in [-0.3, -0.25) is 14.4 Å². The van der Waals surface area contributed by atoms with Gasteiger partial charge in [-0.05, 0) is 102 Å².